The molecule has 2 aromatic heterocycles. The molecule has 0 saturated heterocycles. The van der Waals surface area contributed by atoms with Crippen LogP contribution >= 0.6 is 28.3 Å². The standard InChI is InChI=1S/C19H19BrN2O.ClH/c1-4-11-22-14(3)13(2)18-19(22)17(9-10-21-18)23-12-15-5-7-16(20)8-6-15;/h4-10H,1,11-12H2,2-3H3;1H. The molecule has 3 rings (SSSR count). The van der Waals surface area contributed by atoms with Crippen molar-refractivity contribution in [3.8, 4) is 5.75 Å². The molecule has 3 nitrogen and oxygen atoms in total. The van der Waals surface area contributed by atoms with E-state index in [4.69, 9.17) is 4.74 Å². The Bertz CT molecular complexity index is 856. The number of nitrogens with zero attached hydrogens (tertiary/aromatic N) is 2. The molecule has 0 fully saturated rings. The Labute approximate surface area is 156 Å². The molecule has 0 N–H and O–H groups in total. The van der Waals surface area contributed by atoms with Crippen molar-refractivity contribution >= 4 is 39.4 Å². The maximum absolute atomic E-state index is 6.09. The van der Waals surface area contributed by atoms with E-state index in [9.17, 15) is 0 Å². The summed E-state index contributed by atoms with van der Waals surface area (Å²) >= 11 is 3.45. The van der Waals surface area contributed by atoms with Gasteiger partial charge in [0, 0.05) is 29.0 Å². The van der Waals surface area contributed by atoms with Gasteiger partial charge in [0.15, 0.2) is 0 Å². The number of allylic oxidation sites excluding steroid dienone is 1. The highest BCUT2D eigenvalue weighted by Crippen LogP contribution is 2.31. The van der Waals surface area contributed by atoms with Crippen molar-refractivity contribution < 1.29 is 4.74 Å². The van der Waals surface area contributed by atoms with Gasteiger partial charge in [-0.15, -0.1) is 19.0 Å². The second-order valence-corrected chi connectivity index (χ2v) is 6.45. The Kier molecular flexibility index (Phi) is 6.08. The third-order valence-electron chi connectivity index (χ3n) is 4.08. The molecular weight excluding hydrogens is 388 g/mol. The van der Waals surface area contributed by atoms with E-state index in [1.54, 1.807) is 0 Å². The normalized spacial score (nSPS) is 10.5. The molecule has 1 aromatic carbocycles. The summed E-state index contributed by atoms with van der Waals surface area (Å²) in [6.45, 7) is 9.35. The third-order valence-corrected chi connectivity index (χ3v) is 4.61. The van der Waals surface area contributed by atoms with Crippen LogP contribution in [0.3, 0.4) is 0 Å². The lowest BCUT2D eigenvalue weighted by Crippen LogP contribution is -2.01. The predicted octanol–water partition coefficient (Wildman–Crippen LogP) is 5.60. The van der Waals surface area contributed by atoms with Gasteiger partial charge in [-0.2, -0.15) is 0 Å². The number of pyridine rings is 1. The van der Waals surface area contributed by atoms with Crippen LogP contribution in [0.1, 0.15) is 16.8 Å². The Balaban J connectivity index is 0.00000208. The molecule has 126 valence electrons. The molecule has 3 aromatic rings. The van der Waals surface area contributed by atoms with Crippen molar-refractivity contribution in [1.82, 2.24) is 9.55 Å². The van der Waals surface area contributed by atoms with Crippen molar-refractivity contribution in [2.24, 2.45) is 0 Å². The first-order valence-electron chi connectivity index (χ1n) is 7.54. The second-order valence-electron chi connectivity index (χ2n) is 5.53. The van der Waals surface area contributed by atoms with Crippen LogP contribution in [0.2, 0.25) is 0 Å². The van der Waals surface area contributed by atoms with Crippen LogP contribution in [0, 0.1) is 13.8 Å². The molecule has 5 heteroatoms. The second kappa shape index (κ2) is 7.86. The van der Waals surface area contributed by atoms with Crippen molar-refractivity contribution in [3.05, 3.63) is 70.5 Å². The molecule has 2 heterocycles. The SMILES string of the molecule is C=CCn1c(C)c(C)c2nccc(OCc3ccc(Br)cc3)c21.Cl. The van der Waals surface area contributed by atoms with Crippen LogP contribution in [-0.4, -0.2) is 9.55 Å². The molecule has 0 aliphatic rings. The summed E-state index contributed by atoms with van der Waals surface area (Å²) in [5.41, 5.74) is 5.56. The van der Waals surface area contributed by atoms with E-state index >= 15 is 0 Å². The number of ether oxygens (including phenoxy) is 1. The van der Waals surface area contributed by atoms with Crippen molar-refractivity contribution in [2.75, 3.05) is 0 Å². The van der Waals surface area contributed by atoms with Crippen LogP contribution in [0.5, 0.6) is 5.75 Å². The van der Waals surface area contributed by atoms with Gasteiger partial charge in [-0.05, 0) is 37.1 Å². The summed E-state index contributed by atoms with van der Waals surface area (Å²) in [4.78, 5) is 4.53. The summed E-state index contributed by atoms with van der Waals surface area (Å²) < 4.78 is 9.37. The van der Waals surface area contributed by atoms with E-state index in [0.29, 0.717) is 6.61 Å². The van der Waals surface area contributed by atoms with E-state index in [-0.39, 0.29) is 12.4 Å². The van der Waals surface area contributed by atoms with E-state index in [0.717, 1.165) is 33.4 Å². The molecule has 0 aliphatic carbocycles. The fraction of sp³-hybridized carbons (Fsp3) is 0.211. The van der Waals surface area contributed by atoms with E-state index < -0.39 is 0 Å². The molecule has 0 saturated carbocycles. The Morgan fingerprint density at radius 1 is 1.21 bits per heavy atom. The smallest absolute Gasteiger partial charge is 0.147 e. The van der Waals surface area contributed by atoms with Gasteiger partial charge >= 0.3 is 0 Å². The molecule has 0 atom stereocenters. The lowest BCUT2D eigenvalue weighted by molar-refractivity contribution is 0.308. The summed E-state index contributed by atoms with van der Waals surface area (Å²) in [7, 11) is 0. The van der Waals surface area contributed by atoms with Gasteiger partial charge in [-0.25, -0.2) is 0 Å². The first-order chi connectivity index (χ1) is 11.1. The Morgan fingerprint density at radius 3 is 2.58 bits per heavy atom. The largest absolute Gasteiger partial charge is 0.487 e. The monoisotopic (exact) mass is 406 g/mol. The zero-order chi connectivity index (χ0) is 16.4. The molecule has 0 aliphatic heterocycles. The van der Waals surface area contributed by atoms with Crippen LogP contribution in [-0.2, 0) is 13.2 Å². The number of fused-ring (bicyclic) bond motifs is 1. The minimum Gasteiger partial charge on any atom is -0.487 e. The van der Waals surface area contributed by atoms with Gasteiger partial charge < -0.3 is 9.30 Å². The number of aromatic nitrogens is 2. The highest BCUT2D eigenvalue weighted by molar-refractivity contribution is 9.10. The van der Waals surface area contributed by atoms with Crippen molar-refractivity contribution in [3.63, 3.8) is 0 Å². The number of hydrogen-bond acceptors (Lipinski definition) is 2. The average Bonchev–Trinajstić information content (AvgIpc) is 2.80. The van der Waals surface area contributed by atoms with Gasteiger partial charge in [0.1, 0.15) is 17.9 Å². The molecule has 0 unspecified atom stereocenters. The Morgan fingerprint density at radius 2 is 1.92 bits per heavy atom. The molecule has 0 bridgehead atoms. The van der Waals surface area contributed by atoms with Gasteiger partial charge in [0.2, 0.25) is 0 Å². The minimum absolute atomic E-state index is 0. The fourth-order valence-corrected chi connectivity index (χ4v) is 2.99. The van der Waals surface area contributed by atoms with Crippen LogP contribution in [0.4, 0.5) is 0 Å². The zero-order valence-corrected chi connectivity index (χ0v) is 16.2. The topological polar surface area (TPSA) is 27.1 Å². The Hall–Kier alpha value is -1.78. The number of rotatable bonds is 5. The maximum Gasteiger partial charge on any atom is 0.147 e. The summed E-state index contributed by atoms with van der Waals surface area (Å²) in [5, 5.41) is 0. The van der Waals surface area contributed by atoms with Gasteiger partial charge in [-0.3, -0.25) is 4.98 Å². The number of hydrogen-bond donors (Lipinski definition) is 0. The average molecular weight is 408 g/mol. The first kappa shape index (κ1) is 18.6. The quantitative estimate of drug-likeness (QED) is 0.515. The zero-order valence-electron chi connectivity index (χ0n) is 13.8. The van der Waals surface area contributed by atoms with Gasteiger partial charge in [-0.1, -0.05) is 34.1 Å². The molecule has 0 amide bonds. The lowest BCUT2D eigenvalue weighted by Gasteiger charge is -2.11. The summed E-state index contributed by atoms with van der Waals surface area (Å²) in [6.07, 6.45) is 3.71. The fourth-order valence-electron chi connectivity index (χ4n) is 2.73. The maximum atomic E-state index is 6.09. The van der Waals surface area contributed by atoms with Crippen LogP contribution in [0.25, 0.3) is 11.0 Å². The van der Waals surface area contributed by atoms with Gasteiger partial charge in [0.25, 0.3) is 0 Å². The number of benzene rings is 1. The number of halogens is 2. The van der Waals surface area contributed by atoms with Crippen molar-refractivity contribution in [2.45, 2.75) is 27.0 Å². The van der Waals surface area contributed by atoms with E-state index in [1.165, 1.54) is 11.3 Å². The van der Waals surface area contributed by atoms with Gasteiger partial charge in [0.05, 0.1) is 5.52 Å². The minimum atomic E-state index is 0. The van der Waals surface area contributed by atoms with Crippen molar-refractivity contribution in [1.29, 1.82) is 0 Å². The number of aryl methyl sites for hydroxylation is 1. The third kappa shape index (κ3) is 3.50. The highest BCUT2D eigenvalue weighted by atomic mass is 79.9. The lowest BCUT2D eigenvalue weighted by atomic mass is 10.2. The van der Waals surface area contributed by atoms with Crippen LogP contribution < -0.4 is 4.74 Å². The predicted molar refractivity (Wildman–Crippen MR) is 105 cm³/mol. The van der Waals surface area contributed by atoms with E-state index in [2.05, 4.69) is 58.0 Å². The first-order valence-corrected chi connectivity index (χ1v) is 8.33. The molecule has 0 radical (unpaired) electrons. The van der Waals surface area contributed by atoms with E-state index in [1.807, 2.05) is 30.5 Å². The van der Waals surface area contributed by atoms with Crippen LogP contribution in [0.15, 0.2) is 53.7 Å². The molecular formula is C19H20BrClN2O. The molecule has 0 spiro atoms. The summed E-state index contributed by atoms with van der Waals surface area (Å²) in [6, 6.07) is 10.1. The summed E-state index contributed by atoms with van der Waals surface area (Å²) in [5.74, 6) is 0.857. The highest BCUT2D eigenvalue weighted by Gasteiger charge is 2.15. The molecule has 24 heavy (non-hydrogen) atoms.